The molecule has 0 radical (unpaired) electrons. The first-order valence-electron chi connectivity index (χ1n) is 5.16. The molecule has 1 atom stereocenters. The Bertz CT molecular complexity index is 116. The van der Waals surface area contributed by atoms with Crippen LogP contribution in [0.4, 0.5) is 0 Å². The predicted octanol–water partition coefficient (Wildman–Crippen LogP) is 2.61. The predicted molar refractivity (Wildman–Crippen MR) is 57.9 cm³/mol. The van der Waals surface area contributed by atoms with E-state index in [0.717, 1.165) is 6.04 Å². The molecule has 0 amide bonds. The van der Waals surface area contributed by atoms with Gasteiger partial charge in [0.05, 0.1) is 0 Å². The van der Waals surface area contributed by atoms with Crippen molar-refractivity contribution in [2.24, 2.45) is 0 Å². The first-order valence-corrected chi connectivity index (χ1v) is 6.32. The van der Waals surface area contributed by atoms with Crippen molar-refractivity contribution in [3.05, 3.63) is 0 Å². The highest BCUT2D eigenvalue weighted by molar-refractivity contribution is 7.99. The van der Waals surface area contributed by atoms with Crippen LogP contribution in [0.15, 0.2) is 0 Å². The molecule has 2 heteroatoms. The summed E-state index contributed by atoms with van der Waals surface area (Å²) in [6.07, 6.45) is 4.08. The Labute approximate surface area is 80.9 Å². The van der Waals surface area contributed by atoms with Crippen molar-refractivity contribution < 1.29 is 0 Å². The van der Waals surface area contributed by atoms with E-state index in [1.54, 1.807) is 0 Å². The minimum absolute atomic E-state index is 0.826. The fraction of sp³-hybridized carbons (Fsp3) is 1.00. The van der Waals surface area contributed by atoms with E-state index >= 15 is 0 Å². The first kappa shape index (κ1) is 10.4. The van der Waals surface area contributed by atoms with Crippen LogP contribution in [-0.2, 0) is 0 Å². The lowest BCUT2D eigenvalue weighted by molar-refractivity contribution is 0.218. The van der Waals surface area contributed by atoms with Crippen molar-refractivity contribution in [2.45, 2.75) is 39.2 Å². The van der Waals surface area contributed by atoms with Gasteiger partial charge in [0.1, 0.15) is 0 Å². The highest BCUT2D eigenvalue weighted by atomic mass is 32.2. The van der Waals surface area contributed by atoms with Crippen molar-refractivity contribution in [3.8, 4) is 0 Å². The highest BCUT2D eigenvalue weighted by Crippen LogP contribution is 2.16. The Balaban J connectivity index is 2.26. The lowest BCUT2D eigenvalue weighted by Crippen LogP contribution is -2.34. The monoisotopic (exact) mass is 187 g/mol. The van der Waals surface area contributed by atoms with Crippen LogP contribution in [0.25, 0.3) is 0 Å². The summed E-state index contributed by atoms with van der Waals surface area (Å²) in [4.78, 5) is 2.66. The summed E-state index contributed by atoms with van der Waals surface area (Å²) in [7, 11) is 0. The second-order valence-corrected chi connectivity index (χ2v) is 4.86. The van der Waals surface area contributed by atoms with Crippen molar-refractivity contribution >= 4 is 11.8 Å². The molecule has 0 spiro atoms. The molecule has 1 aliphatic heterocycles. The fourth-order valence-corrected chi connectivity index (χ4v) is 2.71. The standard InChI is InChI=1S/C10H21NS/c1-3-4-6-11-7-9-12-8-5-10(11)2/h10H,3-9H2,1-2H3. The number of hydrogen-bond donors (Lipinski definition) is 0. The van der Waals surface area contributed by atoms with E-state index in [0.29, 0.717) is 0 Å². The lowest BCUT2D eigenvalue weighted by Gasteiger charge is -2.26. The van der Waals surface area contributed by atoms with E-state index in [9.17, 15) is 0 Å². The van der Waals surface area contributed by atoms with Crippen molar-refractivity contribution in [1.82, 2.24) is 4.90 Å². The SMILES string of the molecule is CCCCN1CCSCCC1C. The van der Waals surface area contributed by atoms with E-state index in [1.165, 1.54) is 43.9 Å². The second-order valence-electron chi connectivity index (χ2n) is 3.64. The van der Waals surface area contributed by atoms with Gasteiger partial charge in [0.15, 0.2) is 0 Å². The highest BCUT2D eigenvalue weighted by Gasteiger charge is 2.15. The van der Waals surface area contributed by atoms with Crippen LogP contribution >= 0.6 is 11.8 Å². The first-order chi connectivity index (χ1) is 5.84. The number of unbranched alkanes of at least 4 members (excludes halogenated alkanes) is 1. The molecule has 1 nitrogen and oxygen atoms in total. The van der Waals surface area contributed by atoms with Crippen LogP contribution in [0.3, 0.4) is 0 Å². The number of nitrogens with zero attached hydrogens (tertiary/aromatic N) is 1. The zero-order valence-corrected chi connectivity index (χ0v) is 9.20. The van der Waals surface area contributed by atoms with E-state index in [2.05, 4.69) is 30.5 Å². The summed E-state index contributed by atoms with van der Waals surface area (Å²) in [6, 6.07) is 0.826. The Kier molecular flexibility index (Phi) is 5.08. The molecule has 1 saturated heterocycles. The van der Waals surface area contributed by atoms with Crippen molar-refractivity contribution in [1.29, 1.82) is 0 Å². The maximum Gasteiger partial charge on any atom is 0.00752 e. The molecule has 1 aliphatic rings. The third kappa shape index (κ3) is 3.36. The van der Waals surface area contributed by atoms with E-state index in [1.807, 2.05) is 0 Å². The number of thioether (sulfide) groups is 1. The van der Waals surface area contributed by atoms with Crippen LogP contribution in [0, 0.1) is 0 Å². The molecule has 0 aromatic heterocycles. The Morgan fingerprint density at radius 3 is 3.00 bits per heavy atom. The van der Waals surface area contributed by atoms with Crippen LogP contribution in [0.2, 0.25) is 0 Å². The molecule has 1 rings (SSSR count). The summed E-state index contributed by atoms with van der Waals surface area (Å²) in [6.45, 7) is 7.28. The number of hydrogen-bond acceptors (Lipinski definition) is 2. The molecule has 0 aliphatic carbocycles. The molecule has 0 bridgehead atoms. The van der Waals surface area contributed by atoms with Gasteiger partial charge >= 0.3 is 0 Å². The average Bonchev–Trinajstić information content (AvgIpc) is 2.27. The zero-order valence-electron chi connectivity index (χ0n) is 8.38. The molecular weight excluding hydrogens is 166 g/mol. The maximum atomic E-state index is 2.66. The summed E-state index contributed by atoms with van der Waals surface area (Å²) < 4.78 is 0. The molecule has 1 heterocycles. The van der Waals surface area contributed by atoms with Crippen LogP contribution in [0.5, 0.6) is 0 Å². The van der Waals surface area contributed by atoms with Gasteiger partial charge in [-0.15, -0.1) is 0 Å². The molecule has 0 N–H and O–H groups in total. The van der Waals surface area contributed by atoms with Gasteiger partial charge in [-0.25, -0.2) is 0 Å². The average molecular weight is 187 g/mol. The van der Waals surface area contributed by atoms with Crippen LogP contribution < -0.4 is 0 Å². The molecule has 0 aromatic carbocycles. The van der Waals surface area contributed by atoms with E-state index in [-0.39, 0.29) is 0 Å². The fourth-order valence-electron chi connectivity index (χ4n) is 1.63. The van der Waals surface area contributed by atoms with Crippen molar-refractivity contribution in [3.63, 3.8) is 0 Å². The quantitative estimate of drug-likeness (QED) is 0.668. The Morgan fingerprint density at radius 2 is 2.25 bits per heavy atom. The summed E-state index contributed by atoms with van der Waals surface area (Å²) in [5.74, 6) is 2.71. The third-order valence-corrected chi connectivity index (χ3v) is 3.62. The van der Waals surface area contributed by atoms with Crippen LogP contribution in [0.1, 0.15) is 33.1 Å². The molecule has 0 aromatic rings. The smallest absolute Gasteiger partial charge is 0.00752 e. The maximum absolute atomic E-state index is 2.66. The molecular formula is C10H21NS. The largest absolute Gasteiger partial charge is 0.300 e. The summed E-state index contributed by atoms with van der Waals surface area (Å²) in [5.41, 5.74) is 0. The molecule has 12 heavy (non-hydrogen) atoms. The molecule has 72 valence electrons. The van der Waals surface area contributed by atoms with Gasteiger partial charge in [-0.3, -0.25) is 4.90 Å². The minimum atomic E-state index is 0.826. The third-order valence-electron chi connectivity index (χ3n) is 2.63. The Morgan fingerprint density at radius 1 is 1.42 bits per heavy atom. The van der Waals surface area contributed by atoms with Gasteiger partial charge in [-0.1, -0.05) is 13.3 Å². The zero-order chi connectivity index (χ0) is 8.81. The van der Waals surface area contributed by atoms with Gasteiger partial charge in [-0.2, -0.15) is 11.8 Å². The Hall–Kier alpha value is 0.310. The van der Waals surface area contributed by atoms with Gasteiger partial charge in [0.25, 0.3) is 0 Å². The molecule has 1 unspecified atom stereocenters. The normalized spacial score (nSPS) is 27.0. The minimum Gasteiger partial charge on any atom is -0.300 e. The molecule has 0 saturated carbocycles. The van der Waals surface area contributed by atoms with E-state index in [4.69, 9.17) is 0 Å². The molecule has 1 fully saturated rings. The summed E-state index contributed by atoms with van der Waals surface area (Å²) >= 11 is 2.12. The van der Waals surface area contributed by atoms with E-state index < -0.39 is 0 Å². The summed E-state index contributed by atoms with van der Waals surface area (Å²) in [5, 5.41) is 0. The van der Waals surface area contributed by atoms with Gasteiger partial charge in [0.2, 0.25) is 0 Å². The van der Waals surface area contributed by atoms with Crippen LogP contribution in [-0.4, -0.2) is 35.5 Å². The van der Waals surface area contributed by atoms with Gasteiger partial charge in [0, 0.05) is 18.3 Å². The van der Waals surface area contributed by atoms with Gasteiger partial charge in [-0.05, 0) is 32.1 Å². The lowest BCUT2D eigenvalue weighted by atomic mass is 10.2. The second kappa shape index (κ2) is 5.87. The van der Waals surface area contributed by atoms with Gasteiger partial charge < -0.3 is 0 Å². The number of rotatable bonds is 3. The van der Waals surface area contributed by atoms with Crippen molar-refractivity contribution in [2.75, 3.05) is 24.6 Å². The topological polar surface area (TPSA) is 3.24 Å².